The maximum absolute atomic E-state index is 13.1. The molecule has 0 aliphatic carbocycles. The van der Waals surface area contributed by atoms with Gasteiger partial charge in [0.2, 0.25) is 0 Å². The van der Waals surface area contributed by atoms with Crippen LogP contribution in [-0.4, -0.2) is 49.1 Å². The number of H-pyrrole nitrogens is 1. The lowest BCUT2D eigenvalue weighted by Gasteiger charge is -2.27. The summed E-state index contributed by atoms with van der Waals surface area (Å²) in [5.74, 6) is -0.773. The highest BCUT2D eigenvalue weighted by Crippen LogP contribution is 2.32. The molecule has 2 heterocycles. The van der Waals surface area contributed by atoms with Crippen LogP contribution in [0.5, 0.6) is 11.5 Å². The summed E-state index contributed by atoms with van der Waals surface area (Å²) < 4.78 is 39.4. The Balaban J connectivity index is 1.62. The standard InChI is InChI=1S/C22H20F2N2O5/c1-29-19-10-12(4-6-18(19)31-22(23)24)20(27)26-8-7-17-15(11-26)14-9-13(21(28)30-2)3-5-16(14)25-17/h3-6,9-10,22,25H,7-8,11H2,1-2H3. The van der Waals surface area contributed by atoms with Gasteiger partial charge in [0.25, 0.3) is 5.91 Å². The monoisotopic (exact) mass is 430 g/mol. The lowest BCUT2D eigenvalue weighted by atomic mass is 10.0. The number of aromatic nitrogens is 1. The molecule has 0 saturated heterocycles. The van der Waals surface area contributed by atoms with Gasteiger partial charge in [-0.2, -0.15) is 8.78 Å². The second-order valence-electron chi connectivity index (χ2n) is 7.05. The molecule has 4 rings (SSSR count). The van der Waals surface area contributed by atoms with Gasteiger partial charge >= 0.3 is 12.6 Å². The van der Waals surface area contributed by atoms with Crippen LogP contribution in [-0.2, 0) is 17.7 Å². The number of carbonyl (C=O) groups is 2. The number of fused-ring (bicyclic) bond motifs is 3. The first-order chi connectivity index (χ1) is 14.9. The minimum atomic E-state index is -2.99. The third-order valence-corrected chi connectivity index (χ3v) is 5.31. The van der Waals surface area contributed by atoms with Gasteiger partial charge in [0.1, 0.15) is 0 Å². The average molecular weight is 430 g/mol. The van der Waals surface area contributed by atoms with Crippen LogP contribution in [0.25, 0.3) is 10.9 Å². The zero-order chi connectivity index (χ0) is 22.1. The topological polar surface area (TPSA) is 80.9 Å². The number of carbonyl (C=O) groups excluding carboxylic acids is 2. The molecule has 0 bridgehead atoms. The number of nitrogens with zero attached hydrogens (tertiary/aromatic N) is 1. The maximum Gasteiger partial charge on any atom is 0.387 e. The van der Waals surface area contributed by atoms with E-state index >= 15 is 0 Å². The molecule has 1 aliphatic rings. The zero-order valence-corrected chi connectivity index (χ0v) is 16.9. The number of nitrogens with one attached hydrogen (secondary N) is 1. The highest BCUT2D eigenvalue weighted by Gasteiger charge is 2.26. The Kier molecular flexibility index (Phi) is 5.50. The van der Waals surface area contributed by atoms with Gasteiger partial charge in [0.15, 0.2) is 11.5 Å². The number of amides is 1. The molecular formula is C22H20F2N2O5. The second kappa shape index (κ2) is 8.25. The minimum absolute atomic E-state index is 0.0543. The highest BCUT2D eigenvalue weighted by atomic mass is 19.3. The molecule has 1 aromatic heterocycles. The number of halogens is 2. The van der Waals surface area contributed by atoms with Crippen molar-refractivity contribution in [2.24, 2.45) is 0 Å². The number of benzene rings is 2. The SMILES string of the molecule is COC(=O)c1ccc2[nH]c3c(c2c1)CN(C(=O)c1ccc(OC(F)F)c(OC)c1)CC3. The second-order valence-corrected chi connectivity index (χ2v) is 7.05. The predicted octanol–water partition coefficient (Wildman–Crippen LogP) is 3.76. The number of ether oxygens (including phenoxy) is 3. The van der Waals surface area contributed by atoms with Crippen LogP contribution in [0.15, 0.2) is 36.4 Å². The van der Waals surface area contributed by atoms with E-state index < -0.39 is 12.6 Å². The van der Waals surface area contributed by atoms with Gasteiger partial charge in [-0.3, -0.25) is 4.79 Å². The summed E-state index contributed by atoms with van der Waals surface area (Å²) >= 11 is 0. The van der Waals surface area contributed by atoms with E-state index in [9.17, 15) is 18.4 Å². The molecule has 0 radical (unpaired) electrons. The van der Waals surface area contributed by atoms with Crippen LogP contribution in [0, 0.1) is 0 Å². The summed E-state index contributed by atoms with van der Waals surface area (Å²) in [5.41, 5.74) is 3.56. The molecule has 31 heavy (non-hydrogen) atoms. The Hall–Kier alpha value is -3.62. The molecule has 1 aliphatic heterocycles. The van der Waals surface area contributed by atoms with Gasteiger partial charge in [-0.25, -0.2) is 4.79 Å². The van der Waals surface area contributed by atoms with E-state index in [4.69, 9.17) is 9.47 Å². The fourth-order valence-electron chi connectivity index (χ4n) is 3.81. The van der Waals surface area contributed by atoms with E-state index in [0.29, 0.717) is 30.6 Å². The van der Waals surface area contributed by atoms with E-state index in [1.807, 2.05) is 6.07 Å². The third-order valence-electron chi connectivity index (χ3n) is 5.31. The minimum Gasteiger partial charge on any atom is -0.493 e. The van der Waals surface area contributed by atoms with Crippen molar-refractivity contribution in [3.63, 3.8) is 0 Å². The number of esters is 1. The molecule has 0 saturated carbocycles. The molecule has 9 heteroatoms. The predicted molar refractivity (Wildman–Crippen MR) is 108 cm³/mol. The first-order valence-corrected chi connectivity index (χ1v) is 9.55. The van der Waals surface area contributed by atoms with Crippen molar-refractivity contribution in [1.29, 1.82) is 0 Å². The lowest BCUT2D eigenvalue weighted by Crippen LogP contribution is -2.35. The number of aromatic amines is 1. The molecule has 3 aromatic rings. The first-order valence-electron chi connectivity index (χ1n) is 9.55. The molecule has 0 unspecified atom stereocenters. The fraction of sp³-hybridized carbons (Fsp3) is 0.273. The largest absolute Gasteiger partial charge is 0.493 e. The lowest BCUT2D eigenvalue weighted by molar-refractivity contribution is -0.0512. The van der Waals surface area contributed by atoms with Gasteiger partial charge in [0.05, 0.1) is 19.8 Å². The number of hydrogen-bond acceptors (Lipinski definition) is 5. The van der Waals surface area contributed by atoms with Crippen LogP contribution in [0.1, 0.15) is 32.0 Å². The highest BCUT2D eigenvalue weighted by molar-refractivity contribution is 5.98. The number of methoxy groups -OCH3 is 2. The summed E-state index contributed by atoms with van der Waals surface area (Å²) in [6.07, 6.45) is 0.618. The van der Waals surface area contributed by atoms with Crippen molar-refractivity contribution in [1.82, 2.24) is 9.88 Å². The normalized spacial score (nSPS) is 13.3. The number of alkyl halides is 2. The number of hydrogen-bond donors (Lipinski definition) is 1. The van der Waals surface area contributed by atoms with Crippen molar-refractivity contribution in [3.8, 4) is 11.5 Å². The van der Waals surface area contributed by atoms with Crippen molar-refractivity contribution >= 4 is 22.8 Å². The van der Waals surface area contributed by atoms with E-state index in [0.717, 1.165) is 22.2 Å². The molecule has 2 aromatic carbocycles. The van der Waals surface area contributed by atoms with Crippen molar-refractivity contribution in [2.45, 2.75) is 19.6 Å². The van der Waals surface area contributed by atoms with E-state index in [1.165, 1.54) is 32.4 Å². The van der Waals surface area contributed by atoms with Gasteiger partial charge in [-0.15, -0.1) is 0 Å². The van der Waals surface area contributed by atoms with Crippen LogP contribution in [0.3, 0.4) is 0 Å². The molecule has 1 amide bonds. The van der Waals surface area contributed by atoms with Gasteiger partial charge in [-0.1, -0.05) is 0 Å². The molecule has 0 spiro atoms. The Bertz CT molecular complexity index is 1160. The van der Waals surface area contributed by atoms with E-state index in [1.54, 1.807) is 17.0 Å². The van der Waals surface area contributed by atoms with Crippen molar-refractivity contribution in [3.05, 3.63) is 58.8 Å². The molecular weight excluding hydrogens is 410 g/mol. The maximum atomic E-state index is 13.1. The molecule has 0 fully saturated rings. The Morgan fingerprint density at radius 2 is 1.84 bits per heavy atom. The third kappa shape index (κ3) is 3.90. The molecule has 7 nitrogen and oxygen atoms in total. The van der Waals surface area contributed by atoms with Crippen molar-refractivity contribution in [2.75, 3.05) is 20.8 Å². The zero-order valence-electron chi connectivity index (χ0n) is 16.9. The molecule has 1 N–H and O–H groups in total. The smallest absolute Gasteiger partial charge is 0.387 e. The van der Waals surface area contributed by atoms with Gasteiger partial charge in [-0.05, 0) is 36.4 Å². The number of rotatable bonds is 5. The quantitative estimate of drug-likeness (QED) is 0.624. The fourth-order valence-corrected chi connectivity index (χ4v) is 3.81. The van der Waals surface area contributed by atoms with Crippen LogP contribution in [0.4, 0.5) is 8.78 Å². The van der Waals surface area contributed by atoms with E-state index in [2.05, 4.69) is 9.72 Å². The van der Waals surface area contributed by atoms with Gasteiger partial charge < -0.3 is 24.1 Å². The van der Waals surface area contributed by atoms with E-state index in [-0.39, 0.29) is 17.4 Å². The van der Waals surface area contributed by atoms with Crippen molar-refractivity contribution < 1.29 is 32.6 Å². The average Bonchev–Trinajstić information content (AvgIpc) is 3.15. The summed E-state index contributed by atoms with van der Waals surface area (Å²) in [4.78, 5) is 30.0. The molecule has 0 atom stereocenters. The molecule has 162 valence electrons. The summed E-state index contributed by atoms with van der Waals surface area (Å²) in [6, 6.07) is 9.38. The Labute approximate surface area is 176 Å². The van der Waals surface area contributed by atoms with Crippen LogP contribution < -0.4 is 9.47 Å². The van der Waals surface area contributed by atoms with Gasteiger partial charge in [0, 0.05) is 47.2 Å². The summed E-state index contributed by atoms with van der Waals surface area (Å²) in [7, 11) is 2.64. The van der Waals surface area contributed by atoms with Crippen LogP contribution in [0.2, 0.25) is 0 Å². The Morgan fingerprint density at radius 1 is 1.06 bits per heavy atom. The first kappa shape index (κ1) is 20.6. The Morgan fingerprint density at radius 3 is 2.55 bits per heavy atom. The van der Waals surface area contributed by atoms with Crippen LogP contribution >= 0.6 is 0 Å². The summed E-state index contributed by atoms with van der Waals surface area (Å²) in [5, 5.41) is 0.855. The summed E-state index contributed by atoms with van der Waals surface area (Å²) in [6.45, 7) is -2.16.